The molecule has 33 heavy (non-hydrogen) atoms. The fourth-order valence-corrected chi connectivity index (χ4v) is 3.85. The van der Waals surface area contributed by atoms with Crippen molar-refractivity contribution in [3.8, 4) is 16.9 Å². The zero-order chi connectivity index (χ0) is 22.9. The zero-order valence-corrected chi connectivity index (χ0v) is 17.3. The van der Waals surface area contributed by atoms with Crippen LogP contribution in [-0.4, -0.2) is 55.2 Å². The van der Waals surface area contributed by atoms with E-state index < -0.39 is 36.8 Å². The standard InChI is InChI=1S/C23H21N3O7/c27-11-19-21(29)22(30)23(33-19)26-10-14(24-25-26)12-31-15-6-7-16-17(13-4-2-1-3-5-13)9-20(28)32-18(16)8-15/h1-10,19,21-23,27,29-30H,11-12H2/t19-,21-,22-,23-/m1/s1. The van der Waals surface area contributed by atoms with E-state index in [9.17, 15) is 20.1 Å². The van der Waals surface area contributed by atoms with Gasteiger partial charge in [0, 0.05) is 17.5 Å². The first-order valence-electron chi connectivity index (χ1n) is 10.3. The minimum atomic E-state index is -1.25. The van der Waals surface area contributed by atoms with Crippen molar-refractivity contribution in [2.45, 2.75) is 31.1 Å². The van der Waals surface area contributed by atoms with Crippen LogP contribution in [0.4, 0.5) is 0 Å². The molecule has 0 spiro atoms. The van der Waals surface area contributed by atoms with Crippen LogP contribution in [0.3, 0.4) is 0 Å². The van der Waals surface area contributed by atoms with E-state index in [-0.39, 0.29) is 6.61 Å². The summed E-state index contributed by atoms with van der Waals surface area (Å²) >= 11 is 0. The van der Waals surface area contributed by atoms with E-state index in [1.807, 2.05) is 36.4 Å². The van der Waals surface area contributed by atoms with Gasteiger partial charge in [0.25, 0.3) is 0 Å². The van der Waals surface area contributed by atoms with Crippen LogP contribution in [0.2, 0.25) is 0 Å². The van der Waals surface area contributed by atoms with Gasteiger partial charge in [-0.05, 0) is 23.3 Å². The Morgan fingerprint density at radius 3 is 2.64 bits per heavy atom. The molecule has 2 aromatic carbocycles. The van der Waals surface area contributed by atoms with Gasteiger partial charge in [-0.25, -0.2) is 9.48 Å². The Bertz CT molecular complexity index is 1320. The highest BCUT2D eigenvalue weighted by atomic mass is 16.6. The van der Waals surface area contributed by atoms with Crippen LogP contribution in [0.5, 0.6) is 5.75 Å². The monoisotopic (exact) mass is 451 g/mol. The highest BCUT2D eigenvalue weighted by Gasteiger charge is 2.43. The van der Waals surface area contributed by atoms with Crippen LogP contribution in [-0.2, 0) is 11.3 Å². The Balaban J connectivity index is 1.33. The van der Waals surface area contributed by atoms with Gasteiger partial charge in [0.1, 0.15) is 41.9 Å². The first-order chi connectivity index (χ1) is 16.0. The van der Waals surface area contributed by atoms with Gasteiger partial charge < -0.3 is 29.2 Å². The lowest BCUT2D eigenvalue weighted by atomic mass is 10.0. The Labute approximate surface area is 187 Å². The van der Waals surface area contributed by atoms with E-state index in [0.29, 0.717) is 17.0 Å². The lowest BCUT2D eigenvalue weighted by Gasteiger charge is -2.13. The fraction of sp³-hybridized carbons (Fsp3) is 0.261. The summed E-state index contributed by atoms with van der Waals surface area (Å²) in [6.45, 7) is -0.369. The molecule has 1 aliphatic heterocycles. The van der Waals surface area contributed by atoms with Gasteiger partial charge in [0.05, 0.1) is 12.8 Å². The molecule has 5 rings (SSSR count). The maximum Gasteiger partial charge on any atom is 0.336 e. The average molecular weight is 451 g/mol. The average Bonchev–Trinajstić information content (AvgIpc) is 3.42. The van der Waals surface area contributed by atoms with Crippen LogP contribution in [0.25, 0.3) is 22.1 Å². The highest BCUT2D eigenvalue weighted by Crippen LogP contribution is 2.30. The quantitative estimate of drug-likeness (QED) is 0.369. The minimum absolute atomic E-state index is 0.0584. The zero-order valence-electron chi connectivity index (χ0n) is 17.3. The van der Waals surface area contributed by atoms with Gasteiger partial charge in [-0.2, -0.15) is 0 Å². The van der Waals surface area contributed by atoms with Gasteiger partial charge in [0.2, 0.25) is 0 Å². The summed E-state index contributed by atoms with van der Waals surface area (Å²) in [7, 11) is 0. The molecule has 0 amide bonds. The third kappa shape index (κ3) is 4.12. The molecule has 1 saturated heterocycles. The molecule has 0 unspecified atom stereocenters. The molecule has 2 aromatic heterocycles. The molecule has 0 aliphatic carbocycles. The third-order valence-corrected chi connectivity index (χ3v) is 5.52. The predicted molar refractivity (Wildman–Crippen MR) is 115 cm³/mol. The van der Waals surface area contributed by atoms with E-state index in [1.165, 1.54) is 16.9 Å². The van der Waals surface area contributed by atoms with E-state index in [4.69, 9.17) is 13.9 Å². The number of aromatic nitrogens is 3. The molecule has 10 heteroatoms. The summed E-state index contributed by atoms with van der Waals surface area (Å²) in [5.74, 6) is 0.471. The maximum absolute atomic E-state index is 12.1. The Morgan fingerprint density at radius 2 is 1.88 bits per heavy atom. The van der Waals surface area contributed by atoms with E-state index in [1.54, 1.807) is 12.1 Å². The number of fused-ring (bicyclic) bond motifs is 1. The molecular formula is C23H21N3O7. The lowest BCUT2D eigenvalue weighted by Crippen LogP contribution is -2.33. The number of hydrogen-bond acceptors (Lipinski definition) is 9. The molecule has 170 valence electrons. The second-order valence-corrected chi connectivity index (χ2v) is 7.71. The normalized spacial score (nSPS) is 22.6. The molecule has 4 aromatic rings. The SMILES string of the molecule is O=c1cc(-c2ccccc2)c2ccc(OCc3cn([C@@H]4O[C@H](CO)[C@@H](O)[C@H]4O)nn3)cc2o1. The summed E-state index contributed by atoms with van der Waals surface area (Å²) in [5.41, 5.74) is 2.07. The number of nitrogens with zero attached hydrogens (tertiary/aromatic N) is 3. The molecule has 1 aliphatic rings. The minimum Gasteiger partial charge on any atom is -0.487 e. The predicted octanol–water partition coefficient (Wildman–Crippen LogP) is 1.24. The van der Waals surface area contributed by atoms with E-state index in [0.717, 1.165) is 16.5 Å². The van der Waals surface area contributed by atoms with Crippen molar-refractivity contribution in [2.24, 2.45) is 0 Å². The van der Waals surface area contributed by atoms with Gasteiger partial charge in [0.15, 0.2) is 6.23 Å². The highest BCUT2D eigenvalue weighted by molar-refractivity contribution is 5.93. The van der Waals surface area contributed by atoms with Gasteiger partial charge >= 0.3 is 5.63 Å². The van der Waals surface area contributed by atoms with Crippen molar-refractivity contribution in [1.82, 2.24) is 15.0 Å². The van der Waals surface area contributed by atoms with Crippen LogP contribution in [0.1, 0.15) is 11.9 Å². The molecule has 0 bridgehead atoms. The third-order valence-electron chi connectivity index (χ3n) is 5.52. The Hall–Kier alpha value is -3.57. The molecule has 3 heterocycles. The number of aliphatic hydroxyl groups is 3. The van der Waals surface area contributed by atoms with Crippen LogP contribution in [0.15, 0.2) is 70.0 Å². The van der Waals surface area contributed by atoms with Gasteiger partial charge in [-0.3, -0.25) is 0 Å². The smallest absolute Gasteiger partial charge is 0.336 e. The molecule has 10 nitrogen and oxygen atoms in total. The van der Waals surface area contributed by atoms with Crippen molar-refractivity contribution in [3.05, 3.63) is 76.9 Å². The van der Waals surface area contributed by atoms with Gasteiger partial charge in [-0.15, -0.1) is 5.10 Å². The number of hydrogen-bond donors (Lipinski definition) is 3. The van der Waals surface area contributed by atoms with Crippen LogP contribution >= 0.6 is 0 Å². The second kappa shape index (κ2) is 8.75. The van der Waals surface area contributed by atoms with Crippen molar-refractivity contribution in [2.75, 3.05) is 6.61 Å². The fourth-order valence-electron chi connectivity index (χ4n) is 3.85. The first-order valence-corrected chi connectivity index (χ1v) is 10.3. The van der Waals surface area contributed by atoms with E-state index >= 15 is 0 Å². The van der Waals surface area contributed by atoms with Crippen LogP contribution < -0.4 is 10.4 Å². The lowest BCUT2D eigenvalue weighted by molar-refractivity contribution is -0.0594. The largest absolute Gasteiger partial charge is 0.487 e. The Morgan fingerprint density at radius 1 is 1.06 bits per heavy atom. The second-order valence-electron chi connectivity index (χ2n) is 7.71. The van der Waals surface area contributed by atoms with E-state index in [2.05, 4.69) is 10.3 Å². The molecule has 4 atom stereocenters. The topological polar surface area (TPSA) is 140 Å². The number of ether oxygens (including phenoxy) is 2. The molecule has 3 N–H and O–H groups in total. The van der Waals surface area contributed by atoms with Gasteiger partial charge in [-0.1, -0.05) is 35.5 Å². The summed E-state index contributed by atoms with van der Waals surface area (Å²) in [6.07, 6.45) is -2.82. The number of benzene rings is 2. The number of rotatable bonds is 6. The molecule has 1 fully saturated rings. The summed E-state index contributed by atoms with van der Waals surface area (Å²) in [5, 5.41) is 37.9. The van der Waals surface area contributed by atoms with Crippen molar-refractivity contribution < 1.29 is 29.2 Å². The summed E-state index contributed by atoms with van der Waals surface area (Å²) in [4.78, 5) is 12.1. The number of aliphatic hydroxyl groups excluding tert-OH is 3. The molecule has 0 radical (unpaired) electrons. The summed E-state index contributed by atoms with van der Waals surface area (Å²) in [6, 6.07) is 16.3. The van der Waals surface area contributed by atoms with Crippen LogP contribution in [0, 0.1) is 0 Å². The summed E-state index contributed by atoms with van der Waals surface area (Å²) < 4.78 is 17.9. The Kier molecular flexibility index (Phi) is 5.65. The van der Waals surface area contributed by atoms with Crippen molar-refractivity contribution in [1.29, 1.82) is 0 Å². The van der Waals surface area contributed by atoms with Crippen molar-refractivity contribution >= 4 is 11.0 Å². The molecule has 0 saturated carbocycles. The van der Waals surface area contributed by atoms with Crippen molar-refractivity contribution in [3.63, 3.8) is 0 Å². The molecular weight excluding hydrogens is 430 g/mol. The first kappa shape index (κ1) is 21.3. The maximum atomic E-state index is 12.1.